The summed E-state index contributed by atoms with van der Waals surface area (Å²) in [6.07, 6.45) is -0.158. The monoisotopic (exact) mass is 350 g/mol. The molecule has 0 unspecified atom stereocenters. The molecule has 2 nitrogen and oxygen atoms in total. The first kappa shape index (κ1) is 17.7. The first-order chi connectivity index (χ1) is 12.2. The number of benzene rings is 3. The Hall–Kier alpha value is -2.15. The molecule has 0 aliphatic rings. The average Bonchev–Trinajstić information content (AvgIpc) is 2.70. The summed E-state index contributed by atoms with van der Waals surface area (Å²) < 4.78 is 14.4. The van der Waals surface area contributed by atoms with Crippen LogP contribution in [0, 0.1) is 0 Å². The van der Waals surface area contributed by atoms with Crippen LogP contribution in [0.5, 0.6) is 0 Å². The molecule has 0 aliphatic carbocycles. The summed E-state index contributed by atoms with van der Waals surface area (Å²) in [6, 6.07) is 28.7. The van der Waals surface area contributed by atoms with Crippen molar-refractivity contribution >= 4 is 17.8 Å². The normalized spacial score (nSPS) is 14.0. The fourth-order valence-electron chi connectivity index (χ4n) is 3.38. The first-order valence-electron chi connectivity index (χ1n) is 8.62. The van der Waals surface area contributed by atoms with Crippen molar-refractivity contribution in [2.75, 3.05) is 0 Å². The van der Waals surface area contributed by atoms with Crippen molar-refractivity contribution in [1.82, 2.24) is 0 Å². The highest BCUT2D eigenvalue weighted by Crippen LogP contribution is 2.54. The second kappa shape index (κ2) is 7.82. The minimum Gasteiger partial charge on any atom is -0.388 e. The summed E-state index contributed by atoms with van der Waals surface area (Å²) in [5, 5.41) is 12.7. The van der Waals surface area contributed by atoms with Crippen LogP contribution in [0.25, 0.3) is 0 Å². The van der Waals surface area contributed by atoms with Crippen LogP contribution >= 0.6 is 7.14 Å². The van der Waals surface area contributed by atoms with Crippen molar-refractivity contribution in [3.63, 3.8) is 0 Å². The lowest BCUT2D eigenvalue weighted by Crippen LogP contribution is -2.30. The number of aliphatic hydroxyl groups excluding tert-OH is 1. The quantitative estimate of drug-likeness (QED) is 0.664. The number of hydrogen-bond donors (Lipinski definition) is 1. The predicted molar refractivity (Wildman–Crippen MR) is 105 cm³/mol. The van der Waals surface area contributed by atoms with Gasteiger partial charge < -0.3 is 9.67 Å². The summed E-state index contributed by atoms with van der Waals surface area (Å²) in [4.78, 5) is 0. The topological polar surface area (TPSA) is 37.3 Å². The van der Waals surface area contributed by atoms with Crippen molar-refractivity contribution in [1.29, 1.82) is 0 Å². The molecule has 0 fully saturated rings. The maximum atomic E-state index is 14.4. The van der Waals surface area contributed by atoms with Gasteiger partial charge in [0.2, 0.25) is 0 Å². The summed E-state index contributed by atoms with van der Waals surface area (Å²) in [5.74, 6) is 0. The van der Waals surface area contributed by atoms with E-state index in [0.717, 1.165) is 16.2 Å². The van der Waals surface area contributed by atoms with Crippen LogP contribution in [0.15, 0.2) is 91.0 Å². The Morgan fingerprint density at radius 2 is 1.16 bits per heavy atom. The molecule has 3 aromatic rings. The SMILES string of the molecule is CC[C@@H]([C@H](O)c1ccccc1)P(=O)(c1ccccc1)c1ccccc1. The largest absolute Gasteiger partial charge is 0.388 e. The molecule has 0 amide bonds. The molecule has 0 saturated carbocycles. The standard InChI is InChI=1S/C22H23O2P/c1-2-21(22(23)18-12-6-3-7-13-18)25(24,19-14-8-4-9-15-19)20-16-10-5-11-17-20/h3-17,21-23H,2H2,1H3/t21-,22+/m0/s1. The van der Waals surface area contributed by atoms with Crippen LogP contribution in [0.3, 0.4) is 0 Å². The van der Waals surface area contributed by atoms with Crippen LogP contribution in [0.2, 0.25) is 0 Å². The third kappa shape index (κ3) is 3.46. The smallest absolute Gasteiger partial charge is 0.149 e. The molecule has 0 aromatic heterocycles. The molecule has 2 atom stereocenters. The highest BCUT2D eigenvalue weighted by molar-refractivity contribution is 7.79. The Labute approximate surface area is 149 Å². The molecular formula is C22H23O2P. The first-order valence-corrected chi connectivity index (χ1v) is 10.4. The molecule has 128 valence electrons. The Morgan fingerprint density at radius 3 is 1.56 bits per heavy atom. The molecule has 1 N–H and O–H groups in total. The van der Waals surface area contributed by atoms with E-state index in [0.29, 0.717) is 6.42 Å². The molecule has 3 aromatic carbocycles. The van der Waals surface area contributed by atoms with E-state index in [2.05, 4.69) is 0 Å². The summed E-state index contributed by atoms with van der Waals surface area (Å²) in [5.41, 5.74) is 0.432. The van der Waals surface area contributed by atoms with Gasteiger partial charge in [-0.1, -0.05) is 97.9 Å². The minimum absolute atomic E-state index is 0.375. The molecule has 0 aliphatic heterocycles. The van der Waals surface area contributed by atoms with Gasteiger partial charge in [0.1, 0.15) is 7.14 Å². The number of aliphatic hydroxyl groups is 1. The summed E-state index contributed by atoms with van der Waals surface area (Å²) >= 11 is 0. The zero-order chi connectivity index (χ0) is 17.7. The Kier molecular flexibility index (Phi) is 5.53. The van der Waals surface area contributed by atoms with Crippen LogP contribution in [0.4, 0.5) is 0 Å². The average molecular weight is 350 g/mol. The number of hydrogen-bond acceptors (Lipinski definition) is 2. The maximum absolute atomic E-state index is 14.4. The molecule has 0 heterocycles. The Morgan fingerprint density at radius 1 is 0.760 bits per heavy atom. The third-order valence-corrected chi connectivity index (χ3v) is 8.38. The fraction of sp³-hybridized carbons (Fsp3) is 0.182. The van der Waals surface area contributed by atoms with Gasteiger partial charge in [0.15, 0.2) is 0 Å². The van der Waals surface area contributed by atoms with Gasteiger partial charge in [-0.3, -0.25) is 0 Å². The van der Waals surface area contributed by atoms with Gasteiger partial charge in [0, 0.05) is 10.6 Å². The third-order valence-electron chi connectivity index (χ3n) is 4.67. The van der Waals surface area contributed by atoms with E-state index in [-0.39, 0.29) is 5.66 Å². The summed E-state index contributed by atoms with van der Waals surface area (Å²) in [6.45, 7) is 2.00. The molecule has 3 rings (SSSR count). The molecule has 0 bridgehead atoms. The molecule has 0 radical (unpaired) electrons. The zero-order valence-electron chi connectivity index (χ0n) is 14.3. The molecule has 0 saturated heterocycles. The zero-order valence-corrected chi connectivity index (χ0v) is 15.2. The molecule has 0 spiro atoms. The second-order valence-corrected chi connectivity index (χ2v) is 9.17. The van der Waals surface area contributed by atoms with E-state index in [9.17, 15) is 9.67 Å². The fourth-order valence-corrected chi connectivity index (χ4v) is 6.76. The van der Waals surface area contributed by atoms with Gasteiger partial charge in [0.05, 0.1) is 11.8 Å². The maximum Gasteiger partial charge on any atom is 0.149 e. The van der Waals surface area contributed by atoms with E-state index < -0.39 is 13.2 Å². The lowest BCUT2D eigenvalue weighted by atomic mass is 10.1. The lowest BCUT2D eigenvalue weighted by molar-refractivity contribution is 0.169. The Bertz CT molecular complexity index is 788. The van der Waals surface area contributed by atoms with Crippen molar-refractivity contribution in [3.05, 3.63) is 96.6 Å². The van der Waals surface area contributed by atoms with E-state index in [1.807, 2.05) is 97.9 Å². The van der Waals surface area contributed by atoms with Crippen molar-refractivity contribution in [2.45, 2.75) is 25.1 Å². The lowest BCUT2D eigenvalue weighted by Gasteiger charge is -2.31. The minimum atomic E-state index is -3.01. The van der Waals surface area contributed by atoms with Crippen LogP contribution in [-0.4, -0.2) is 10.8 Å². The predicted octanol–water partition coefficient (Wildman–Crippen LogP) is 4.51. The van der Waals surface area contributed by atoms with Gasteiger partial charge in [-0.25, -0.2) is 0 Å². The second-order valence-electron chi connectivity index (χ2n) is 6.16. The van der Waals surface area contributed by atoms with Crippen LogP contribution in [0.1, 0.15) is 25.0 Å². The Balaban J connectivity index is 2.15. The summed E-state index contributed by atoms with van der Waals surface area (Å²) in [7, 11) is -3.01. The van der Waals surface area contributed by atoms with Gasteiger partial charge in [0.25, 0.3) is 0 Å². The van der Waals surface area contributed by atoms with Gasteiger partial charge in [-0.15, -0.1) is 0 Å². The van der Waals surface area contributed by atoms with Gasteiger partial charge in [-0.05, 0) is 12.0 Å². The van der Waals surface area contributed by atoms with Crippen molar-refractivity contribution in [3.8, 4) is 0 Å². The molecule has 25 heavy (non-hydrogen) atoms. The van der Waals surface area contributed by atoms with Crippen LogP contribution in [-0.2, 0) is 4.57 Å². The van der Waals surface area contributed by atoms with Crippen LogP contribution < -0.4 is 10.6 Å². The van der Waals surface area contributed by atoms with Gasteiger partial charge in [-0.2, -0.15) is 0 Å². The highest BCUT2D eigenvalue weighted by Gasteiger charge is 2.40. The van der Waals surface area contributed by atoms with E-state index in [1.165, 1.54) is 0 Å². The molecule has 3 heteroatoms. The van der Waals surface area contributed by atoms with E-state index >= 15 is 0 Å². The number of rotatable bonds is 6. The van der Waals surface area contributed by atoms with Gasteiger partial charge >= 0.3 is 0 Å². The highest BCUT2D eigenvalue weighted by atomic mass is 31.2. The van der Waals surface area contributed by atoms with Crippen molar-refractivity contribution < 1.29 is 9.67 Å². The van der Waals surface area contributed by atoms with E-state index in [4.69, 9.17) is 0 Å². The van der Waals surface area contributed by atoms with E-state index in [1.54, 1.807) is 0 Å². The molecular weight excluding hydrogens is 327 g/mol. The van der Waals surface area contributed by atoms with Crippen molar-refractivity contribution in [2.24, 2.45) is 0 Å².